The highest BCUT2D eigenvalue weighted by atomic mass is 14.9. The third-order valence-corrected chi connectivity index (χ3v) is 3.80. The zero-order valence-electron chi connectivity index (χ0n) is 15.7. The summed E-state index contributed by atoms with van der Waals surface area (Å²) in [5.41, 5.74) is 4.16. The van der Waals surface area contributed by atoms with E-state index in [9.17, 15) is 0 Å². The van der Waals surface area contributed by atoms with Gasteiger partial charge in [-0.25, -0.2) is 9.97 Å². The first-order valence-electron chi connectivity index (χ1n) is 8.79. The van der Waals surface area contributed by atoms with E-state index in [-0.39, 0.29) is 0 Å². The summed E-state index contributed by atoms with van der Waals surface area (Å²) in [6.07, 6.45) is 0. The van der Waals surface area contributed by atoms with Gasteiger partial charge in [0.15, 0.2) is 0 Å². The molecule has 0 fully saturated rings. The van der Waals surface area contributed by atoms with Crippen LogP contribution in [0.25, 0.3) is 22.0 Å². The Labute approximate surface area is 150 Å². The number of nitrogens with zero attached hydrogens (tertiary/aromatic N) is 2. The van der Waals surface area contributed by atoms with Gasteiger partial charge in [0.05, 0.1) is 5.69 Å². The summed E-state index contributed by atoms with van der Waals surface area (Å²) < 4.78 is 0. The summed E-state index contributed by atoms with van der Waals surface area (Å²) in [4.78, 5) is 9.29. The second-order valence-corrected chi connectivity index (χ2v) is 5.72. The SMILES string of the molecule is CC.Cc1ccccc(C)c(-c2ccc3ccccc3c2)nc(C)n1. The quantitative estimate of drug-likeness (QED) is 0.518. The van der Waals surface area contributed by atoms with Crippen LogP contribution in [-0.4, -0.2) is 9.97 Å². The Morgan fingerprint density at radius 3 is 2.04 bits per heavy atom. The van der Waals surface area contributed by atoms with Crippen molar-refractivity contribution in [2.45, 2.75) is 34.6 Å². The standard InChI is InChI=1S/C21H20N2.C2H6/c1-15-8-4-5-9-16(2)22-17(3)23-21(15)20-13-12-18-10-6-7-11-19(18)14-20;1-2/h4-14H,1-3H3;1-2H3. The number of hydrogen-bond acceptors (Lipinski definition) is 2. The number of hydrogen-bond donors (Lipinski definition) is 0. The van der Waals surface area contributed by atoms with Gasteiger partial charge in [-0.3, -0.25) is 0 Å². The fraction of sp³-hybridized carbons (Fsp3) is 0.217. The van der Waals surface area contributed by atoms with Crippen LogP contribution in [0.2, 0.25) is 0 Å². The molecule has 1 heterocycles. The first-order chi connectivity index (χ1) is 12.1. The zero-order valence-corrected chi connectivity index (χ0v) is 15.7. The fourth-order valence-corrected chi connectivity index (χ4v) is 2.67. The van der Waals surface area contributed by atoms with Crippen LogP contribution in [0.4, 0.5) is 0 Å². The Bertz CT molecular complexity index is 912. The van der Waals surface area contributed by atoms with Crippen molar-refractivity contribution in [2.75, 3.05) is 0 Å². The summed E-state index contributed by atoms with van der Waals surface area (Å²) >= 11 is 0. The van der Waals surface area contributed by atoms with E-state index in [1.54, 1.807) is 0 Å². The number of aromatic nitrogens is 2. The zero-order chi connectivity index (χ0) is 18.2. The fourth-order valence-electron chi connectivity index (χ4n) is 2.67. The second-order valence-electron chi connectivity index (χ2n) is 5.72. The number of fused-ring (bicyclic) bond motifs is 1. The lowest BCUT2D eigenvalue weighted by atomic mass is 10.0. The molecular weight excluding hydrogens is 304 g/mol. The number of rotatable bonds is 1. The lowest BCUT2D eigenvalue weighted by Gasteiger charge is -2.06. The average molecular weight is 330 g/mol. The van der Waals surface area contributed by atoms with E-state index in [1.807, 2.05) is 45.9 Å². The summed E-state index contributed by atoms with van der Waals surface area (Å²) in [6, 6.07) is 23.0. The van der Waals surface area contributed by atoms with Crippen molar-refractivity contribution < 1.29 is 0 Å². The van der Waals surface area contributed by atoms with Gasteiger partial charge in [-0.15, -0.1) is 0 Å². The third-order valence-electron chi connectivity index (χ3n) is 3.80. The molecule has 0 radical (unpaired) electrons. The molecule has 3 rings (SSSR count). The minimum Gasteiger partial charge on any atom is -0.239 e. The minimum absolute atomic E-state index is 0.768. The van der Waals surface area contributed by atoms with Gasteiger partial charge in [0, 0.05) is 11.3 Å². The molecule has 1 aromatic heterocycles. The molecule has 0 amide bonds. The highest BCUT2D eigenvalue weighted by molar-refractivity contribution is 5.87. The maximum Gasteiger partial charge on any atom is 0.126 e. The van der Waals surface area contributed by atoms with Gasteiger partial charge in [0.1, 0.15) is 5.82 Å². The maximum atomic E-state index is 4.77. The summed E-state index contributed by atoms with van der Waals surface area (Å²) in [6.45, 7) is 10.0. The van der Waals surface area contributed by atoms with Gasteiger partial charge in [0.2, 0.25) is 0 Å². The molecule has 0 aliphatic carbocycles. The van der Waals surface area contributed by atoms with Crippen LogP contribution < -0.4 is 0 Å². The molecule has 0 aliphatic heterocycles. The van der Waals surface area contributed by atoms with Crippen molar-refractivity contribution in [1.82, 2.24) is 9.97 Å². The Kier molecular flexibility index (Phi) is 6.64. The molecule has 0 aliphatic rings. The molecule has 0 saturated carbocycles. The molecule has 2 nitrogen and oxygen atoms in total. The van der Waals surface area contributed by atoms with Gasteiger partial charge in [0.25, 0.3) is 0 Å². The van der Waals surface area contributed by atoms with E-state index >= 15 is 0 Å². The molecule has 0 atom stereocenters. The molecule has 0 saturated heterocycles. The second kappa shape index (κ2) is 8.93. The predicted molar refractivity (Wildman–Crippen MR) is 108 cm³/mol. The molecule has 0 N–H and O–H groups in total. The van der Waals surface area contributed by atoms with Gasteiger partial charge in [-0.05, 0) is 49.2 Å². The van der Waals surface area contributed by atoms with Gasteiger partial charge in [-0.2, -0.15) is 0 Å². The highest BCUT2D eigenvalue weighted by Crippen LogP contribution is 2.24. The number of aryl methyl sites for hydroxylation is 3. The van der Waals surface area contributed by atoms with Crippen LogP contribution in [0.1, 0.15) is 30.9 Å². The third kappa shape index (κ3) is 4.87. The minimum atomic E-state index is 0.768. The van der Waals surface area contributed by atoms with Crippen molar-refractivity contribution in [3.63, 3.8) is 0 Å². The van der Waals surface area contributed by atoms with E-state index in [0.29, 0.717) is 0 Å². The highest BCUT2D eigenvalue weighted by Gasteiger charge is 2.03. The Hall–Kier alpha value is -2.74. The molecule has 2 heteroatoms. The van der Waals surface area contributed by atoms with E-state index in [4.69, 9.17) is 4.98 Å². The maximum absolute atomic E-state index is 4.77. The molecule has 2 aromatic carbocycles. The summed E-state index contributed by atoms with van der Waals surface area (Å²) in [5, 5.41) is 2.46. The van der Waals surface area contributed by atoms with Crippen molar-refractivity contribution in [3.05, 3.63) is 83.8 Å². The Balaban J connectivity index is 0.00000109. The first-order valence-corrected chi connectivity index (χ1v) is 8.79. The van der Waals surface area contributed by atoms with Crippen molar-refractivity contribution in [1.29, 1.82) is 0 Å². The molecule has 3 aromatic rings. The number of benzene rings is 2. The molecule has 0 bridgehead atoms. The molecule has 0 spiro atoms. The van der Waals surface area contributed by atoms with Crippen LogP contribution in [-0.2, 0) is 0 Å². The smallest absolute Gasteiger partial charge is 0.126 e. The molecule has 25 heavy (non-hydrogen) atoms. The lowest BCUT2D eigenvalue weighted by Crippen LogP contribution is -1.91. The summed E-state index contributed by atoms with van der Waals surface area (Å²) in [5.74, 6) is 0.768. The van der Waals surface area contributed by atoms with Crippen molar-refractivity contribution in [2.24, 2.45) is 0 Å². The molecular formula is C23H26N2. The van der Waals surface area contributed by atoms with Gasteiger partial charge >= 0.3 is 0 Å². The topological polar surface area (TPSA) is 25.8 Å². The normalized spacial score (nSPS) is 9.80. The van der Waals surface area contributed by atoms with E-state index in [2.05, 4.69) is 60.4 Å². The van der Waals surface area contributed by atoms with Crippen molar-refractivity contribution in [3.8, 4) is 11.3 Å². The molecule has 128 valence electrons. The van der Waals surface area contributed by atoms with Crippen LogP contribution >= 0.6 is 0 Å². The van der Waals surface area contributed by atoms with Crippen LogP contribution in [0, 0.1) is 20.8 Å². The van der Waals surface area contributed by atoms with Crippen LogP contribution in [0.3, 0.4) is 0 Å². The first kappa shape index (κ1) is 18.6. The predicted octanol–water partition coefficient (Wildman–Crippen LogP) is 6.37. The van der Waals surface area contributed by atoms with E-state index in [1.165, 1.54) is 10.8 Å². The lowest BCUT2D eigenvalue weighted by molar-refractivity contribution is 1.04. The van der Waals surface area contributed by atoms with Crippen molar-refractivity contribution >= 4 is 10.8 Å². The van der Waals surface area contributed by atoms with E-state index < -0.39 is 0 Å². The van der Waals surface area contributed by atoms with Crippen LogP contribution in [0.15, 0.2) is 66.7 Å². The van der Waals surface area contributed by atoms with Gasteiger partial charge < -0.3 is 0 Å². The Morgan fingerprint density at radius 1 is 0.640 bits per heavy atom. The monoisotopic (exact) mass is 330 g/mol. The largest absolute Gasteiger partial charge is 0.239 e. The summed E-state index contributed by atoms with van der Waals surface area (Å²) in [7, 11) is 0. The molecule has 0 unspecified atom stereocenters. The average Bonchev–Trinajstić information content (AvgIpc) is 2.64. The van der Waals surface area contributed by atoms with E-state index in [0.717, 1.165) is 28.3 Å². The van der Waals surface area contributed by atoms with Gasteiger partial charge in [-0.1, -0.05) is 68.4 Å². The van der Waals surface area contributed by atoms with Crippen LogP contribution in [0.5, 0.6) is 0 Å². The Morgan fingerprint density at radius 2 is 1.28 bits per heavy atom.